The van der Waals surface area contributed by atoms with Gasteiger partial charge in [-0.25, -0.2) is 13.1 Å². The fourth-order valence-corrected chi connectivity index (χ4v) is 3.12. The van der Waals surface area contributed by atoms with Crippen LogP contribution >= 0.6 is 0 Å². The number of alkyl halides is 3. The van der Waals surface area contributed by atoms with Gasteiger partial charge in [0.25, 0.3) is 0 Å². The zero-order chi connectivity index (χ0) is 15.0. The Kier molecular flexibility index (Phi) is 4.08. The third-order valence-corrected chi connectivity index (χ3v) is 4.70. The van der Waals surface area contributed by atoms with Gasteiger partial charge < -0.3 is 5.11 Å². The third-order valence-electron chi connectivity index (χ3n) is 3.26. The van der Waals surface area contributed by atoms with Gasteiger partial charge in [-0.15, -0.1) is 0 Å². The molecule has 0 spiro atoms. The molecule has 0 radical (unpaired) electrons. The molecule has 0 amide bonds. The molecule has 0 unspecified atom stereocenters. The van der Waals surface area contributed by atoms with Crippen molar-refractivity contribution in [2.75, 3.05) is 6.54 Å². The molecule has 1 saturated carbocycles. The Morgan fingerprint density at radius 3 is 2.20 bits per heavy atom. The molecular weight excluding hydrogens is 295 g/mol. The highest BCUT2D eigenvalue weighted by Gasteiger charge is 2.31. The van der Waals surface area contributed by atoms with Gasteiger partial charge >= 0.3 is 6.18 Å². The highest BCUT2D eigenvalue weighted by atomic mass is 32.2. The molecule has 2 rings (SSSR count). The van der Waals surface area contributed by atoms with E-state index >= 15 is 0 Å². The van der Waals surface area contributed by atoms with Crippen molar-refractivity contribution in [1.29, 1.82) is 0 Å². The van der Waals surface area contributed by atoms with E-state index in [4.69, 9.17) is 5.11 Å². The fourth-order valence-electron chi connectivity index (χ4n) is 2.00. The number of sulfonamides is 1. The van der Waals surface area contributed by atoms with Crippen molar-refractivity contribution in [1.82, 2.24) is 4.72 Å². The van der Waals surface area contributed by atoms with E-state index in [9.17, 15) is 21.6 Å². The van der Waals surface area contributed by atoms with Crippen molar-refractivity contribution in [3.05, 3.63) is 29.8 Å². The third kappa shape index (κ3) is 3.50. The summed E-state index contributed by atoms with van der Waals surface area (Å²) in [7, 11) is -3.81. The first-order valence-corrected chi connectivity index (χ1v) is 7.52. The van der Waals surface area contributed by atoms with E-state index in [1.807, 2.05) is 0 Å². The Morgan fingerprint density at radius 2 is 1.75 bits per heavy atom. The van der Waals surface area contributed by atoms with Crippen LogP contribution in [0.1, 0.15) is 18.4 Å². The molecular formula is C12H14F3NO3S. The summed E-state index contributed by atoms with van der Waals surface area (Å²) in [5.41, 5.74) is -0.890. The molecule has 1 aromatic carbocycles. The Bertz CT molecular complexity index is 563. The van der Waals surface area contributed by atoms with Gasteiger partial charge in [-0.2, -0.15) is 13.2 Å². The van der Waals surface area contributed by atoms with Gasteiger partial charge in [0, 0.05) is 6.54 Å². The van der Waals surface area contributed by atoms with Crippen LogP contribution in [0.25, 0.3) is 0 Å². The van der Waals surface area contributed by atoms with Crippen molar-refractivity contribution in [2.45, 2.75) is 30.0 Å². The van der Waals surface area contributed by atoms with Gasteiger partial charge in [-0.1, -0.05) is 0 Å². The number of benzene rings is 1. The van der Waals surface area contributed by atoms with Crippen LogP contribution in [-0.4, -0.2) is 26.2 Å². The number of halogens is 3. The van der Waals surface area contributed by atoms with Crippen molar-refractivity contribution in [3.63, 3.8) is 0 Å². The molecule has 20 heavy (non-hydrogen) atoms. The molecule has 1 fully saturated rings. The summed E-state index contributed by atoms with van der Waals surface area (Å²) in [6.07, 6.45) is -3.79. The number of hydrogen-bond acceptors (Lipinski definition) is 3. The number of rotatable bonds is 4. The summed E-state index contributed by atoms with van der Waals surface area (Å²) in [4.78, 5) is -0.203. The summed E-state index contributed by atoms with van der Waals surface area (Å²) in [6.45, 7) is 0.181. The van der Waals surface area contributed by atoms with Gasteiger partial charge in [0.1, 0.15) is 0 Å². The lowest BCUT2D eigenvalue weighted by Crippen LogP contribution is -2.38. The molecule has 0 aliphatic heterocycles. The van der Waals surface area contributed by atoms with Crippen LogP contribution in [-0.2, 0) is 16.2 Å². The molecule has 0 heterocycles. The Hall–Kier alpha value is -1.12. The zero-order valence-electron chi connectivity index (χ0n) is 10.4. The van der Waals surface area contributed by atoms with E-state index < -0.39 is 21.8 Å². The van der Waals surface area contributed by atoms with Gasteiger partial charge in [-0.05, 0) is 43.0 Å². The predicted octanol–water partition coefficient (Wildman–Crippen LogP) is 1.75. The molecule has 4 nitrogen and oxygen atoms in total. The first kappa shape index (κ1) is 15.3. The standard InChI is InChI=1S/C12H14F3NO3S/c13-12(14,15)9-1-3-11(4-2-9)20(18,19)16-7-8-5-10(17)6-8/h1-4,8,10,16-17H,5-7H2. The molecule has 0 saturated heterocycles. The van der Waals surface area contributed by atoms with Gasteiger partial charge in [0.05, 0.1) is 16.6 Å². The van der Waals surface area contributed by atoms with Crippen LogP contribution in [0.5, 0.6) is 0 Å². The van der Waals surface area contributed by atoms with E-state index in [0.717, 1.165) is 24.3 Å². The minimum absolute atomic E-state index is 0.0780. The second-order valence-electron chi connectivity index (χ2n) is 4.87. The van der Waals surface area contributed by atoms with Crippen molar-refractivity contribution in [2.24, 2.45) is 5.92 Å². The molecule has 1 aliphatic rings. The monoisotopic (exact) mass is 309 g/mol. The second kappa shape index (κ2) is 5.34. The number of nitrogens with one attached hydrogen (secondary N) is 1. The van der Waals surface area contributed by atoms with Crippen LogP contribution in [0, 0.1) is 5.92 Å². The summed E-state index contributed by atoms with van der Waals surface area (Å²) in [6, 6.07) is 3.34. The van der Waals surface area contributed by atoms with Crippen LogP contribution in [0.15, 0.2) is 29.2 Å². The average molecular weight is 309 g/mol. The van der Waals surface area contributed by atoms with Crippen LogP contribution < -0.4 is 4.72 Å². The summed E-state index contributed by atoms with van der Waals surface area (Å²) in [5.74, 6) is 0.0780. The predicted molar refractivity (Wildman–Crippen MR) is 65.4 cm³/mol. The lowest BCUT2D eigenvalue weighted by Gasteiger charge is -2.31. The first-order valence-electron chi connectivity index (χ1n) is 6.03. The Labute approximate surface area is 114 Å². The maximum absolute atomic E-state index is 12.4. The second-order valence-corrected chi connectivity index (χ2v) is 6.63. The van der Waals surface area contributed by atoms with Crippen molar-refractivity contribution >= 4 is 10.0 Å². The summed E-state index contributed by atoms with van der Waals surface area (Å²) < 4.78 is 63.2. The van der Waals surface area contributed by atoms with Crippen LogP contribution in [0.3, 0.4) is 0 Å². The number of hydrogen-bond donors (Lipinski definition) is 2. The fraction of sp³-hybridized carbons (Fsp3) is 0.500. The zero-order valence-corrected chi connectivity index (χ0v) is 11.2. The summed E-state index contributed by atoms with van der Waals surface area (Å²) >= 11 is 0. The van der Waals surface area contributed by atoms with E-state index in [2.05, 4.69) is 4.72 Å². The Balaban J connectivity index is 2.02. The largest absolute Gasteiger partial charge is 0.416 e. The van der Waals surface area contributed by atoms with E-state index in [0.29, 0.717) is 12.8 Å². The van der Waals surface area contributed by atoms with E-state index in [1.165, 1.54) is 0 Å². The van der Waals surface area contributed by atoms with Gasteiger partial charge in [0.15, 0.2) is 0 Å². The maximum Gasteiger partial charge on any atom is 0.416 e. The van der Waals surface area contributed by atoms with E-state index in [1.54, 1.807) is 0 Å². The molecule has 112 valence electrons. The lowest BCUT2D eigenvalue weighted by atomic mass is 9.83. The molecule has 1 aromatic rings. The average Bonchev–Trinajstić information content (AvgIpc) is 2.32. The molecule has 2 N–H and O–H groups in total. The van der Waals surface area contributed by atoms with Gasteiger partial charge in [0.2, 0.25) is 10.0 Å². The topological polar surface area (TPSA) is 66.4 Å². The SMILES string of the molecule is O=S(=O)(NCC1CC(O)C1)c1ccc(C(F)(F)F)cc1. The minimum atomic E-state index is -4.49. The van der Waals surface area contributed by atoms with Crippen molar-refractivity contribution in [3.8, 4) is 0 Å². The lowest BCUT2D eigenvalue weighted by molar-refractivity contribution is -0.137. The smallest absolute Gasteiger partial charge is 0.393 e. The molecule has 1 aliphatic carbocycles. The van der Waals surface area contributed by atoms with Gasteiger partial charge in [-0.3, -0.25) is 0 Å². The Morgan fingerprint density at radius 1 is 1.20 bits per heavy atom. The van der Waals surface area contributed by atoms with E-state index in [-0.39, 0.29) is 23.5 Å². The molecule has 0 aromatic heterocycles. The minimum Gasteiger partial charge on any atom is -0.393 e. The summed E-state index contributed by atoms with van der Waals surface area (Å²) in [5, 5.41) is 9.09. The van der Waals surface area contributed by atoms with Crippen LogP contribution in [0.4, 0.5) is 13.2 Å². The number of aliphatic hydroxyl groups is 1. The maximum atomic E-state index is 12.4. The molecule has 0 bridgehead atoms. The van der Waals surface area contributed by atoms with Crippen molar-refractivity contribution < 1.29 is 26.7 Å². The molecule has 0 atom stereocenters. The number of aliphatic hydroxyl groups excluding tert-OH is 1. The molecule has 8 heteroatoms. The quantitative estimate of drug-likeness (QED) is 0.890. The van der Waals surface area contributed by atoms with Crippen LogP contribution in [0.2, 0.25) is 0 Å². The normalized spacial score (nSPS) is 23.4. The highest BCUT2D eigenvalue weighted by Crippen LogP contribution is 2.30. The first-order chi connectivity index (χ1) is 9.18. The highest BCUT2D eigenvalue weighted by molar-refractivity contribution is 7.89.